The number of benzene rings is 2. The van der Waals surface area contributed by atoms with E-state index in [4.69, 9.17) is 4.74 Å². The second-order valence-electron chi connectivity index (χ2n) is 6.54. The van der Waals surface area contributed by atoms with Gasteiger partial charge in [-0.2, -0.15) is 0 Å². The number of nitro benzene ring substituents is 1. The lowest BCUT2D eigenvalue weighted by molar-refractivity contribution is -0.384. The van der Waals surface area contributed by atoms with Crippen LogP contribution in [0.25, 0.3) is 0 Å². The molecule has 0 radical (unpaired) electrons. The van der Waals surface area contributed by atoms with E-state index in [2.05, 4.69) is 0 Å². The van der Waals surface area contributed by atoms with E-state index in [1.54, 1.807) is 18.2 Å². The minimum Gasteiger partial charge on any atom is -0.461 e. The Kier molecular flexibility index (Phi) is 5.51. The molecule has 1 fully saturated rings. The van der Waals surface area contributed by atoms with Gasteiger partial charge in [-0.3, -0.25) is 14.9 Å². The van der Waals surface area contributed by atoms with E-state index in [0.717, 1.165) is 11.1 Å². The summed E-state index contributed by atoms with van der Waals surface area (Å²) in [6.07, 6.45) is 1.28. The van der Waals surface area contributed by atoms with E-state index >= 15 is 0 Å². The summed E-state index contributed by atoms with van der Waals surface area (Å²) in [6, 6.07) is 14.6. The Morgan fingerprint density at radius 2 is 1.81 bits per heavy atom. The van der Waals surface area contributed by atoms with Gasteiger partial charge in [-0.1, -0.05) is 36.4 Å². The molecular weight excluding hydrogens is 332 g/mol. The predicted octanol–water partition coefficient (Wildman–Crippen LogP) is 3.86. The van der Waals surface area contributed by atoms with Crippen molar-refractivity contribution in [2.45, 2.75) is 26.4 Å². The van der Waals surface area contributed by atoms with Crippen LogP contribution in [-0.4, -0.2) is 24.0 Å². The maximum atomic E-state index is 12.4. The molecule has 1 aliphatic rings. The zero-order valence-corrected chi connectivity index (χ0v) is 14.8. The third-order valence-corrected chi connectivity index (χ3v) is 4.88. The molecule has 6 heteroatoms. The summed E-state index contributed by atoms with van der Waals surface area (Å²) in [7, 11) is 0. The van der Waals surface area contributed by atoms with Gasteiger partial charge in [-0.15, -0.1) is 0 Å². The third-order valence-electron chi connectivity index (χ3n) is 4.88. The Morgan fingerprint density at radius 3 is 2.50 bits per heavy atom. The van der Waals surface area contributed by atoms with E-state index in [1.165, 1.54) is 6.07 Å². The summed E-state index contributed by atoms with van der Waals surface area (Å²) in [5.74, 6) is -0.339. The number of piperidine rings is 1. The van der Waals surface area contributed by atoms with Crippen LogP contribution >= 0.6 is 0 Å². The van der Waals surface area contributed by atoms with Crippen molar-refractivity contribution in [1.29, 1.82) is 0 Å². The number of hydrogen-bond acceptors (Lipinski definition) is 5. The van der Waals surface area contributed by atoms with Gasteiger partial charge in [0.2, 0.25) is 0 Å². The monoisotopic (exact) mass is 354 g/mol. The molecule has 0 spiro atoms. The summed E-state index contributed by atoms with van der Waals surface area (Å²) in [5.41, 5.74) is 2.84. The van der Waals surface area contributed by atoms with Crippen molar-refractivity contribution < 1.29 is 14.5 Å². The van der Waals surface area contributed by atoms with Gasteiger partial charge in [0, 0.05) is 19.2 Å². The van der Waals surface area contributed by atoms with Crippen molar-refractivity contribution in [3.63, 3.8) is 0 Å². The normalized spacial score (nSPS) is 14.9. The van der Waals surface area contributed by atoms with Gasteiger partial charge in [0.15, 0.2) is 0 Å². The first kappa shape index (κ1) is 17.9. The first-order valence-electron chi connectivity index (χ1n) is 8.76. The van der Waals surface area contributed by atoms with Crippen LogP contribution in [0.15, 0.2) is 48.5 Å². The zero-order chi connectivity index (χ0) is 18.5. The van der Waals surface area contributed by atoms with Crippen LogP contribution in [0, 0.1) is 23.0 Å². The Balaban J connectivity index is 1.56. The highest BCUT2D eigenvalue weighted by atomic mass is 16.6. The van der Waals surface area contributed by atoms with E-state index in [1.807, 2.05) is 36.1 Å². The van der Waals surface area contributed by atoms with E-state index in [-0.39, 0.29) is 29.1 Å². The van der Waals surface area contributed by atoms with Crippen molar-refractivity contribution in [3.8, 4) is 0 Å². The van der Waals surface area contributed by atoms with Crippen molar-refractivity contribution in [1.82, 2.24) is 0 Å². The van der Waals surface area contributed by atoms with Crippen LogP contribution in [0.4, 0.5) is 11.4 Å². The summed E-state index contributed by atoms with van der Waals surface area (Å²) in [5, 5.41) is 11.2. The topological polar surface area (TPSA) is 72.7 Å². The number of anilines is 1. The molecule has 0 atom stereocenters. The van der Waals surface area contributed by atoms with Gasteiger partial charge >= 0.3 is 5.97 Å². The predicted molar refractivity (Wildman–Crippen MR) is 99.0 cm³/mol. The Morgan fingerprint density at radius 1 is 1.15 bits per heavy atom. The van der Waals surface area contributed by atoms with Crippen molar-refractivity contribution in [3.05, 3.63) is 69.8 Å². The molecule has 26 heavy (non-hydrogen) atoms. The summed E-state index contributed by atoms with van der Waals surface area (Å²) in [4.78, 5) is 25.2. The number of para-hydroxylation sites is 2. The van der Waals surface area contributed by atoms with E-state index in [9.17, 15) is 14.9 Å². The molecule has 2 aromatic carbocycles. The maximum absolute atomic E-state index is 12.4. The molecule has 0 unspecified atom stereocenters. The summed E-state index contributed by atoms with van der Waals surface area (Å²) < 4.78 is 5.49. The van der Waals surface area contributed by atoms with E-state index in [0.29, 0.717) is 31.6 Å². The number of rotatable bonds is 5. The number of carbonyl (C=O) groups is 1. The third kappa shape index (κ3) is 4.02. The minimum absolute atomic E-state index is 0.105. The Labute approximate surface area is 152 Å². The standard InChI is InChI=1S/C20H22N2O4/c1-15-6-2-3-7-17(15)14-26-20(23)16-10-12-21(13-11-16)18-8-4-5-9-19(18)22(24)25/h2-9,16H,10-14H2,1H3. The van der Waals surface area contributed by atoms with Gasteiger partial charge < -0.3 is 9.64 Å². The molecule has 0 aromatic heterocycles. The first-order chi connectivity index (χ1) is 12.6. The molecule has 0 N–H and O–H groups in total. The molecule has 3 rings (SSSR count). The summed E-state index contributed by atoms with van der Waals surface area (Å²) >= 11 is 0. The molecule has 0 saturated carbocycles. The van der Waals surface area contributed by atoms with Gasteiger partial charge in [0.1, 0.15) is 12.3 Å². The van der Waals surface area contributed by atoms with Crippen LogP contribution in [0.5, 0.6) is 0 Å². The fourth-order valence-corrected chi connectivity index (χ4v) is 3.28. The number of nitro groups is 1. The highest BCUT2D eigenvalue weighted by Gasteiger charge is 2.29. The van der Waals surface area contributed by atoms with Gasteiger partial charge in [0.25, 0.3) is 5.69 Å². The van der Waals surface area contributed by atoms with Gasteiger partial charge in [-0.05, 0) is 37.0 Å². The van der Waals surface area contributed by atoms with Gasteiger partial charge in [0.05, 0.1) is 10.8 Å². The largest absolute Gasteiger partial charge is 0.461 e. The van der Waals surface area contributed by atoms with Crippen LogP contribution in [0.3, 0.4) is 0 Å². The van der Waals surface area contributed by atoms with Crippen LogP contribution in [0.2, 0.25) is 0 Å². The molecule has 2 aromatic rings. The number of nitrogens with zero attached hydrogens (tertiary/aromatic N) is 2. The molecule has 0 aliphatic carbocycles. The van der Waals surface area contributed by atoms with Crippen molar-refractivity contribution >= 4 is 17.3 Å². The number of hydrogen-bond donors (Lipinski definition) is 0. The lowest BCUT2D eigenvalue weighted by Crippen LogP contribution is -2.37. The quantitative estimate of drug-likeness (QED) is 0.463. The highest BCUT2D eigenvalue weighted by Crippen LogP contribution is 2.31. The van der Waals surface area contributed by atoms with E-state index < -0.39 is 0 Å². The smallest absolute Gasteiger partial charge is 0.309 e. The van der Waals surface area contributed by atoms with Crippen molar-refractivity contribution in [2.75, 3.05) is 18.0 Å². The molecule has 136 valence electrons. The maximum Gasteiger partial charge on any atom is 0.309 e. The average Bonchev–Trinajstić information content (AvgIpc) is 2.67. The molecule has 1 heterocycles. The Hall–Kier alpha value is -2.89. The molecule has 1 saturated heterocycles. The molecule has 0 bridgehead atoms. The first-order valence-corrected chi connectivity index (χ1v) is 8.76. The molecule has 6 nitrogen and oxygen atoms in total. The average molecular weight is 354 g/mol. The number of carbonyl (C=O) groups excluding carboxylic acids is 1. The lowest BCUT2D eigenvalue weighted by atomic mass is 9.96. The number of esters is 1. The second kappa shape index (κ2) is 7.99. The van der Waals surface area contributed by atoms with Crippen LogP contribution in [0.1, 0.15) is 24.0 Å². The molecule has 0 amide bonds. The number of ether oxygens (including phenoxy) is 1. The fourth-order valence-electron chi connectivity index (χ4n) is 3.28. The second-order valence-corrected chi connectivity index (χ2v) is 6.54. The minimum atomic E-state index is -0.363. The Bertz CT molecular complexity index is 798. The number of aryl methyl sites for hydroxylation is 1. The molecule has 1 aliphatic heterocycles. The summed E-state index contributed by atoms with van der Waals surface area (Å²) in [6.45, 7) is 3.49. The van der Waals surface area contributed by atoms with Crippen molar-refractivity contribution in [2.24, 2.45) is 5.92 Å². The zero-order valence-electron chi connectivity index (χ0n) is 14.8. The van der Waals surface area contributed by atoms with Gasteiger partial charge in [-0.25, -0.2) is 0 Å². The van der Waals surface area contributed by atoms with Crippen LogP contribution < -0.4 is 4.90 Å². The lowest BCUT2D eigenvalue weighted by Gasteiger charge is -2.32. The fraction of sp³-hybridized carbons (Fsp3) is 0.350. The SMILES string of the molecule is Cc1ccccc1COC(=O)C1CCN(c2ccccc2[N+](=O)[O-])CC1. The molecular formula is C20H22N2O4. The van der Waals surface area contributed by atoms with Crippen LogP contribution in [-0.2, 0) is 16.1 Å². The highest BCUT2D eigenvalue weighted by molar-refractivity contribution is 5.73.